The van der Waals surface area contributed by atoms with Crippen molar-refractivity contribution in [2.24, 2.45) is 0 Å². The smallest absolute Gasteiger partial charge is 0.270 e. The second-order valence-corrected chi connectivity index (χ2v) is 5.58. The van der Waals surface area contributed by atoms with Gasteiger partial charge in [-0.1, -0.05) is 0 Å². The van der Waals surface area contributed by atoms with Crippen molar-refractivity contribution in [1.29, 1.82) is 5.26 Å². The topological polar surface area (TPSA) is 115 Å². The summed E-state index contributed by atoms with van der Waals surface area (Å²) >= 11 is 0. The van der Waals surface area contributed by atoms with Crippen molar-refractivity contribution in [2.75, 3.05) is 0 Å². The third-order valence-electron chi connectivity index (χ3n) is 4.09. The molecule has 0 N–H and O–H groups in total. The first-order valence-corrected chi connectivity index (χ1v) is 7.47. The van der Waals surface area contributed by atoms with E-state index in [1.165, 1.54) is 22.8 Å². The summed E-state index contributed by atoms with van der Waals surface area (Å²) in [7, 11) is 0. The fourth-order valence-corrected chi connectivity index (χ4v) is 2.92. The van der Waals surface area contributed by atoms with Crippen LogP contribution in [0.1, 0.15) is 23.8 Å². The Morgan fingerprint density at radius 1 is 1.36 bits per heavy atom. The number of hydrogen-bond acceptors (Lipinski definition) is 6. The van der Waals surface area contributed by atoms with Gasteiger partial charge in [-0.15, -0.1) is 0 Å². The van der Waals surface area contributed by atoms with Gasteiger partial charge >= 0.3 is 0 Å². The lowest BCUT2D eigenvalue weighted by atomic mass is 10.1. The molecule has 3 heterocycles. The lowest BCUT2D eigenvalue weighted by molar-refractivity contribution is -0.384. The van der Waals surface area contributed by atoms with Gasteiger partial charge in [0.25, 0.3) is 11.2 Å². The standard InChI is InChI=1S/C17H10N4O4/c18-9-13-3-2-12(25-13)7-10-5-6-20-16(10)19-15-4-1-11(21(23)24)8-14(15)17(20)22/h1-4,7-8H,5-6H2. The predicted molar refractivity (Wildman–Crippen MR) is 88.6 cm³/mol. The number of furan rings is 1. The minimum atomic E-state index is -0.536. The van der Waals surface area contributed by atoms with Gasteiger partial charge < -0.3 is 4.42 Å². The molecule has 0 bridgehead atoms. The van der Waals surface area contributed by atoms with Crippen LogP contribution in [0, 0.1) is 21.4 Å². The Morgan fingerprint density at radius 2 is 2.20 bits per heavy atom. The van der Waals surface area contributed by atoms with Gasteiger partial charge in [-0.2, -0.15) is 5.26 Å². The number of nitrogens with zero attached hydrogens (tertiary/aromatic N) is 4. The number of nitriles is 1. The minimum Gasteiger partial charge on any atom is -0.446 e. The van der Waals surface area contributed by atoms with Crippen LogP contribution in [0.2, 0.25) is 0 Å². The van der Waals surface area contributed by atoms with Crippen molar-refractivity contribution in [2.45, 2.75) is 13.0 Å². The summed E-state index contributed by atoms with van der Waals surface area (Å²) < 4.78 is 6.85. The van der Waals surface area contributed by atoms with Crippen LogP contribution in [0.3, 0.4) is 0 Å². The molecule has 0 saturated carbocycles. The normalized spacial score (nSPS) is 14.6. The molecule has 0 atom stereocenters. The van der Waals surface area contributed by atoms with Gasteiger partial charge in [-0.3, -0.25) is 19.5 Å². The van der Waals surface area contributed by atoms with Crippen molar-refractivity contribution in [1.82, 2.24) is 9.55 Å². The van der Waals surface area contributed by atoms with Crippen LogP contribution >= 0.6 is 0 Å². The third kappa shape index (κ3) is 2.38. The molecule has 1 aliphatic heterocycles. The number of hydrogen-bond donors (Lipinski definition) is 0. The number of fused-ring (bicyclic) bond motifs is 2. The predicted octanol–water partition coefficient (Wildman–Crippen LogP) is 2.71. The molecular weight excluding hydrogens is 324 g/mol. The summed E-state index contributed by atoms with van der Waals surface area (Å²) in [6.45, 7) is 0.442. The van der Waals surface area contributed by atoms with Crippen LogP contribution in [-0.2, 0) is 6.54 Å². The highest BCUT2D eigenvalue weighted by Gasteiger charge is 2.22. The third-order valence-corrected chi connectivity index (χ3v) is 4.09. The van der Waals surface area contributed by atoms with Crippen LogP contribution in [0.25, 0.3) is 22.6 Å². The maximum absolute atomic E-state index is 12.7. The van der Waals surface area contributed by atoms with Crippen LogP contribution < -0.4 is 5.56 Å². The number of rotatable bonds is 2. The van der Waals surface area contributed by atoms with Gasteiger partial charge in [0, 0.05) is 24.3 Å². The molecule has 3 aromatic rings. The Labute approximate surface area is 140 Å². The van der Waals surface area contributed by atoms with Gasteiger partial charge in [-0.05, 0) is 30.7 Å². The first-order valence-electron chi connectivity index (χ1n) is 7.47. The van der Waals surface area contributed by atoms with E-state index < -0.39 is 4.92 Å². The Morgan fingerprint density at radius 3 is 2.92 bits per heavy atom. The zero-order chi connectivity index (χ0) is 17.6. The van der Waals surface area contributed by atoms with Gasteiger partial charge in [0.05, 0.1) is 15.8 Å². The number of allylic oxidation sites excluding steroid dienone is 1. The van der Waals surface area contributed by atoms with E-state index in [0.717, 1.165) is 5.57 Å². The molecule has 122 valence electrons. The highest BCUT2D eigenvalue weighted by atomic mass is 16.6. The molecular formula is C17H10N4O4. The molecule has 0 saturated heterocycles. The van der Waals surface area contributed by atoms with Crippen molar-refractivity contribution >= 4 is 28.2 Å². The van der Waals surface area contributed by atoms with Crippen molar-refractivity contribution in [3.05, 3.63) is 68.1 Å². The molecule has 8 nitrogen and oxygen atoms in total. The first-order chi connectivity index (χ1) is 12.1. The van der Waals surface area contributed by atoms with E-state index in [-0.39, 0.29) is 22.4 Å². The van der Waals surface area contributed by atoms with Gasteiger partial charge in [-0.25, -0.2) is 4.98 Å². The number of nitro groups is 1. The van der Waals surface area contributed by atoms with E-state index in [1.54, 1.807) is 18.2 Å². The second kappa shape index (κ2) is 5.42. The van der Waals surface area contributed by atoms with Crippen LogP contribution in [-0.4, -0.2) is 14.5 Å². The summed E-state index contributed by atoms with van der Waals surface area (Å²) in [4.78, 5) is 27.5. The lowest BCUT2D eigenvalue weighted by Gasteiger charge is -2.05. The van der Waals surface area contributed by atoms with Crippen LogP contribution in [0.15, 0.2) is 39.5 Å². The number of benzene rings is 1. The summed E-state index contributed by atoms with van der Waals surface area (Å²) in [5.74, 6) is 1.24. The molecule has 4 rings (SSSR count). The van der Waals surface area contributed by atoms with E-state index in [0.29, 0.717) is 30.1 Å². The Kier molecular flexibility index (Phi) is 3.22. The maximum Gasteiger partial charge on any atom is 0.270 e. The molecule has 0 amide bonds. The fraction of sp³-hybridized carbons (Fsp3) is 0.118. The first kappa shape index (κ1) is 14.8. The summed E-state index contributed by atoms with van der Waals surface area (Å²) in [5.41, 5.74) is 0.785. The molecule has 0 unspecified atom stereocenters. The average Bonchev–Trinajstić information content (AvgIpc) is 3.22. The van der Waals surface area contributed by atoms with Crippen LogP contribution in [0.5, 0.6) is 0 Å². The van der Waals surface area contributed by atoms with E-state index >= 15 is 0 Å². The van der Waals surface area contributed by atoms with Crippen molar-refractivity contribution < 1.29 is 9.34 Å². The quantitative estimate of drug-likeness (QED) is 0.525. The molecule has 8 heteroatoms. The Balaban J connectivity index is 1.87. The van der Waals surface area contributed by atoms with E-state index in [1.807, 2.05) is 6.07 Å². The van der Waals surface area contributed by atoms with Gasteiger partial charge in [0.1, 0.15) is 17.7 Å². The molecule has 0 fully saturated rings. The molecule has 2 aromatic heterocycles. The zero-order valence-electron chi connectivity index (χ0n) is 12.8. The number of non-ortho nitro benzene ring substituents is 1. The van der Waals surface area contributed by atoms with Crippen molar-refractivity contribution in [3.8, 4) is 6.07 Å². The summed E-state index contributed by atoms with van der Waals surface area (Å²) in [6.07, 6.45) is 2.34. The second-order valence-electron chi connectivity index (χ2n) is 5.58. The molecule has 25 heavy (non-hydrogen) atoms. The van der Waals surface area contributed by atoms with Gasteiger partial charge in [0.15, 0.2) is 0 Å². The van der Waals surface area contributed by atoms with Crippen LogP contribution in [0.4, 0.5) is 5.69 Å². The largest absolute Gasteiger partial charge is 0.446 e. The van der Waals surface area contributed by atoms with E-state index in [9.17, 15) is 14.9 Å². The molecule has 1 aliphatic rings. The van der Waals surface area contributed by atoms with Crippen molar-refractivity contribution in [3.63, 3.8) is 0 Å². The monoisotopic (exact) mass is 334 g/mol. The fourth-order valence-electron chi connectivity index (χ4n) is 2.92. The van der Waals surface area contributed by atoms with E-state index in [4.69, 9.17) is 9.68 Å². The van der Waals surface area contributed by atoms with Gasteiger partial charge in [0.2, 0.25) is 5.76 Å². The highest BCUT2D eigenvalue weighted by molar-refractivity contribution is 5.85. The maximum atomic E-state index is 12.7. The molecule has 1 aromatic carbocycles. The van der Waals surface area contributed by atoms with E-state index in [2.05, 4.69) is 4.98 Å². The molecule has 0 aliphatic carbocycles. The molecule has 0 radical (unpaired) electrons. The molecule has 0 spiro atoms. The number of nitro benzene ring substituents is 1. The summed E-state index contributed by atoms with van der Waals surface area (Å²) in [5, 5.41) is 19.9. The highest BCUT2D eigenvalue weighted by Crippen LogP contribution is 2.28. The Bertz CT molecular complexity index is 1160. The number of aromatic nitrogens is 2. The average molecular weight is 334 g/mol. The SMILES string of the molecule is N#Cc1ccc(C=C2CCn3c2nc2ccc([N+](=O)[O-])cc2c3=O)o1. The zero-order valence-corrected chi connectivity index (χ0v) is 12.8. The lowest BCUT2D eigenvalue weighted by Crippen LogP contribution is -2.20. The minimum absolute atomic E-state index is 0.139. The summed E-state index contributed by atoms with van der Waals surface area (Å²) in [6, 6.07) is 9.23. The Hall–Kier alpha value is -3.73.